The lowest BCUT2D eigenvalue weighted by atomic mass is 10.3. The maximum Gasteiger partial charge on any atom is 0.243 e. The number of likely N-dealkylation sites (N-methyl/N-ethyl adjacent to an activating group) is 2. The van der Waals surface area contributed by atoms with Crippen LogP contribution in [-0.4, -0.2) is 43.9 Å². The normalized spacial score (nSPS) is 9.76. The van der Waals surface area contributed by atoms with Crippen molar-refractivity contribution >= 4 is 17.5 Å². The first-order valence-corrected chi connectivity index (χ1v) is 5.37. The van der Waals surface area contributed by atoms with Crippen LogP contribution in [0.5, 0.6) is 0 Å². The molecule has 2 N–H and O–H groups in total. The van der Waals surface area contributed by atoms with Gasteiger partial charge in [0, 0.05) is 12.7 Å². The number of carbonyl (C=O) groups is 2. The van der Waals surface area contributed by atoms with Gasteiger partial charge in [-0.15, -0.1) is 0 Å². The van der Waals surface area contributed by atoms with Crippen LogP contribution in [0.25, 0.3) is 0 Å². The second-order valence-corrected chi connectivity index (χ2v) is 3.69. The Balaban J connectivity index is 2.42. The van der Waals surface area contributed by atoms with Gasteiger partial charge >= 0.3 is 0 Å². The minimum atomic E-state index is -0.205. The minimum Gasteiger partial charge on any atom is -0.335 e. The second-order valence-electron chi connectivity index (χ2n) is 3.69. The smallest absolute Gasteiger partial charge is 0.243 e. The summed E-state index contributed by atoms with van der Waals surface area (Å²) in [4.78, 5) is 24.4. The highest BCUT2D eigenvalue weighted by Gasteiger charge is 2.11. The molecular formula is C12H17N3O2. The zero-order valence-electron chi connectivity index (χ0n) is 10.1. The molecule has 0 aliphatic heterocycles. The van der Waals surface area contributed by atoms with Crippen molar-refractivity contribution in [3.8, 4) is 0 Å². The number of benzene rings is 1. The summed E-state index contributed by atoms with van der Waals surface area (Å²) in [5.74, 6) is -0.320. The highest BCUT2D eigenvalue weighted by molar-refractivity contribution is 5.94. The lowest BCUT2D eigenvalue weighted by molar-refractivity contribution is -0.132. The van der Waals surface area contributed by atoms with Crippen LogP contribution in [-0.2, 0) is 9.59 Å². The van der Waals surface area contributed by atoms with Gasteiger partial charge in [-0.25, -0.2) is 0 Å². The Morgan fingerprint density at radius 3 is 2.47 bits per heavy atom. The topological polar surface area (TPSA) is 61.4 Å². The van der Waals surface area contributed by atoms with E-state index >= 15 is 0 Å². The van der Waals surface area contributed by atoms with E-state index in [-0.39, 0.29) is 24.9 Å². The maximum absolute atomic E-state index is 11.6. The molecule has 2 amide bonds. The summed E-state index contributed by atoms with van der Waals surface area (Å²) in [7, 11) is 3.29. The highest BCUT2D eigenvalue weighted by atomic mass is 16.2. The number of nitrogens with zero attached hydrogens (tertiary/aromatic N) is 1. The molecule has 0 aliphatic carbocycles. The summed E-state index contributed by atoms with van der Waals surface area (Å²) in [6.07, 6.45) is 0. The zero-order chi connectivity index (χ0) is 12.7. The molecule has 0 bridgehead atoms. The summed E-state index contributed by atoms with van der Waals surface area (Å²) in [6.45, 7) is 0.282. The van der Waals surface area contributed by atoms with Crippen LogP contribution < -0.4 is 10.6 Å². The molecule has 1 rings (SSSR count). The number of hydrogen-bond donors (Lipinski definition) is 2. The summed E-state index contributed by atoms with van der Waals surface area (Å²) in [5.41, 5.74) is 0.729. The Bertz CT molecular complexity index is 379. The van der Waals surface area contributed by atoms with Crippen molar-refractivity contribution in [1.82, 2.24) is 10.2 Å². The average Bonchev–Trinajstić information content (AvgIpc) is 2.30. The molecule has 0 spiro atoms. The van der Waals surface area contributed by atoms with Gasteiger partial charge in [0.15, 0.2) is 0 Å². The standard InChI is InChI=1S/C12H17N3O2/c1-13-8-12(17)15(2)9-11(16)14-10-6-4-3-5-7-10/h3-7,13H,8-9H2,1-2H3,(H,14,16). The number of hydrogen-bond acceptors (Lipinski definition) is 3. The van der Waals surface area contributed by atoms with Crippen LogP contribution in [0.15, 0.2) is 30.3 Å². The Kier molecular flexibility index (Phi) is 5.16. The Hall–Kier alpha value is -1.88. The van der Waals surface area contributed by atoms with Crippen molar-refractivity contribution in [1.29, 1.82) is 0 Å². The van der Waals surface area contributed by atoms with Gasteiger partial charge < -0.3 is 15.5 Å². The number of carbonyl (C=O) groups excluding carboxylic acids is 2. The molecule has 17 heavy (non-hydrogen) atoms. The van der Waals surface area contributed by atoms with E-state index in [1.165, 1.54) is 4.90 Å². The van der Waals surface area contributed by atoms with Gasteiger partial charge in [0.05, 0.1) is 13.1 Å². The van der Waals surface area contributed by atoms with Gasteiger partial charge in [-0.2, -0.15) is 0 Å². The molecule has 0 saturated carbocycles. The van der Waals surface area contributed by atoms with E-state index in [9.17, 15) is 9.59 Å². The van der Waals surface area contributed by atoms with E-state index in [2.05, 4.69) is 10.6 Å². The maximum atomic E-state index is 11.6. The molecule has 1 aromatic carbocycles. The first-order valence-electron chi connectivity index (χ1n) is 5.37. The molecule has 0 heterocycles. The number of para-hydroxylation sites is 1. The predicted octanol–water partition coefficient (Wildman–Crippen LogP) is 0.303. The lowest BCUT2D eigenvalue weighted by Gasteiger charge is -2.16. The monoisotopic (exact) mass is 235 g/mol. The molecule has 0 saturated heterocycles. The van der Waals surface area contributed by atoms with Gasteiger partial charge in [0.1, 0.15) is 0 Å². The molecule has 0 aliphatic rings. The fraction of sp³-hybridized carbons (Fsp3) is 0.333. The number of amides is 2. The number of anilines is 1. The fourth-order valence-electron chi connectivity index (χ4n) is 1.31. The highest BCUT2D eigenvalue weighted by Crippen LogP contribution is 2.04. The van der Waals surface area contributed by atoms with Crippen LogP contribution in [0.2, 0.25) is 0 Å². The van der Waals surface area contributed by atoms with Crippen LogP contribution in [0.3, 0.4) is 0 Å². The summed E-state index contributed by atoms with van der Waals surface area (Å²) in [6, 6.07) is 9.15. The Morgan fingerprint density at radius 2 is 1.88 bits per heavy atom. The van der Waals surface area contributed by atoms with Crippen molar-refractivity contribution in [3.63, 3.8) is 0 Å². The van der Waals surface area contributed by atoms with Crippen LogP contribution in [0.4, 0.5) is 5.69 Å². The van der Waals surface area contributed by atoms with Gasteiger partial charge in [0.25, 0.3) is 0 Å². The third-order valence-electron chi connectivity index (χ3n) is 2.19. The predicted molar refractivity (Wildman–Crippen MR) is 66.6 cm³/mol. The minimum absolute atomic E-state index is 0.0510. The van der Waals surface area contributed by atoms with E-state index in [1.54, 1.807) is 26.2 Å². The lowest BCUT2D eigenvalue weighted by Crippen LogP contribution is -2.39. The van der Waals surface area contributed by atoms with E-state index in [0.717, 1.165) is 5.69 Å². The molecule has 0 unspecified atom stereocenters. The molecular weight excluding hydrogens is 218 g/mol. The molecule has 0 radical (unpaired) electrons. The third-order valence-corrected chi connectivity index (χ3v) is 2.19. The quantitative estimate of drug-likeness (QED) is 0.771. The van der Waals surface area contributed by atoms with Gasteiger partial charge in [-0.3, -0.25) is 9.59 Å². The van der Waals surface area contributed by atoms with Crippen LogP contribution >= 0.6 is 0 Å². The van der Waals surface area contributed by atoms with Gasteiger partial charge in [-0.05, 0) is 19.2 Å². The largest absolute Gasteiger partial charge is 0.335 e. The molecule has 92 valence electrons. The molecule has 0 fully saturated rings. The SMILES string of the molecule is CNCC(=O)N(C)CC(=O)Nc1ccccc1. The van der Waals surface area contributed by atoms with Gasteiger partial charge in [-0.1, -0.05) is 18.2 Å². The van der Waals surface area contributed by atoms with Crippen molar-refractivity contribution < 1.29 is 9.59 Å². The Labute approximate surface area is 101 Å². The molecule has 0 atom stereocenters. The van der Waals surface area contributed by atoms with Crippen molar-refractivity contribution in [3.05, 3.63) is 30.3 Å². The zero-order valence-corrected chi connectivity index (χ0v) is 10.1. The average molecular weight is 235 g/mol. The van der Waals surface area contributed by atoms with Crippen molar-refractivity contribution in [2.24, 2.45) is 0 Å². The number of nitrogens with one attached hydrogen (secondary N) is 2. The molecule has 1 aromatic rings. The molecule has 5 heteroatoms. The summed E-state index contributed by atoms with van der Waals surface area (Å²) >= 11 is 0. The Morgan fingerprint density at radius 1 is 1.24 bits per heavy atom. The molecule has 5 nitrogen and oxygen atoms in total. The van der Waals surface area contributed by atoms with E-state index in [4.69, 9.17) is 0 Å². The third kappa shape index (κ3) is 4.65. The molecule has 0 aromatic heterocycles. The van der Waals surface area contributed by atoms with Crippen LogP contribution in [0.1, 0.15) is 0 Å². The first kappa shape index (κ1) is 13.2. The van der Waals surface area contributed by atoms with E-state index < -0.39 is 0 Å². The van der Waals surface area contributed by atoms with Crippen molar-refractivity contribution in [2.45, 2.75) is 0 Å². The van der Waals surface area contributed by atoms with E-state index in [0.29, 0.717) is 0 Å². The second kappa shape index (κ2) is 6.65. The summed E-state index contributed by atoms with van der Waals surface area (Å²) < 4.78 is 0. The van der Waals surface area contributed by atoms with Crippen molar-refractivity contribution in [2.75, 3.05) is 32.5 Å². The van der Waals surface area contributed by atoms with Crippen LogP contribution in [0, 0.1) is 0 Å². The summed E-state index contributed by atoms with van der Waals surface area (Å²) in [5, 5.41) is 5.46. The first-order chi connectivity index (χ1) is 8.13. The fourth-order valence-corrected chi connectivity index (χ4v) is 1.31. The number of rotatable bonds is 5. The van der Waals surface area contributed by atoms with E-state index in [1.807, 2.05) is 18.2 Å². The van der Waals surface area contributed by atoms with Gasteiger partial charge in [0.2, 0.25) is 11.8 Å².